The topological polar surface area (TPSA) is 92.7 Å². The number of ether oxygens (including phenoxy) is 2. The summed E-state index contributed by atoms with van der Waals surface area (Å²) in [6, 6.07) is 2.71. The molecule has 182 valence electrons. The maximum Gasteiger partial charge on any atom is 0.419 e. The molecule has 4 aliphatic carbocycles. The number of carbonyl (C=O) groups is 1. The van der Waals surface area contributed by atoms with Crippen LogP contribution >= 0.6 is 0 Å². The molecule has 0 spiro atoms. The van der Waals surface area contributed by atoms with E-state index in [1.54, 1.807) is 6.92 Å². The highest BCUT2D eigenvalue weighted by atomic mass is 32.2. The number of esters is 1. The van der Waals surface area contributed by atoms with E-state index in [0.29, 0.717) is 17.4 Å². The van der Waals surface area contributed by atoms with E-state index in [0.717, 1.165) is 50.3 Å². The zero-order valence-corrected chi connectivity index (χ0v) is 19.0. The molecular weight excluding hydrogens is 461 g/mol. The molecule has 0 aliphatic heterocycles. The van der Waals surface area contributed by atoms with Crippen molar-refractivity contribution >= 4 is 16.1 Å². The molecule has 1 aromatic rings. The molecule has 0 N–H and O–H groups in total. The summed E-state index contributed by atoms with van der Waals surface area (Å²) in [6.45, 7) is 5.20. The Hall–Kier alpha value is -2.07. The summed E-state index contributed by atoms with van der Waals surface area (Å²) in [5, 5.41) is 0. The quantitative estimate of drug-likeness (QED) is 0.318. The van der Waals surface area contributed by atoms with Gasteiger partial charge in [-0.25, -0.2) is 13.2 Å². The van der Waals surface area contributed by atoms with Crippen LogP contribution < -0.4 is 4.74 Å². The first-order valence-electron chi connectivity index (χ1n) is 11.0. The fourth-order valence-electron chi connectivity index (χ4n) is 6.30. The molecular formula is C23H26F3O6S-. The van der Waals surface area contributed by atoms with Crippen LogP contribution in [0.2, 0.25) is 0 Å². The lowest BCUT2D eigenvalue weighted by Gasteiger charge is -2.61. The molecule has 0 saturated heterocycles. The van der Waals surface area contributed by atoms with E-state index in [1.807, 2.05) is 0 Å². The Morgan fingerprint density at radius 3 is 2.21 bits per heavy atom. The van der Waals surface area contributed by atoms with Crippen molar-refractivity contribution in [1.82, 2.24) is 0 Å². The van der Waals surface area contributed by atoms with E-state index in [9.17, 15) is 30.9 Å². The highest BCUT2D eigenvalue weighted by molar-refractivity contribution is 7.85. The number of alkyl halides is 3. The zero-order chi connectivity index (χ0) is 24.2. The van der Waals surface area contributed by atoms with Crippen LogP contribution in [-0.2, 0) is 21.0 Å². The lowest BCUT2D eigenvalue weighted by molar-refractivity contribution is -0.151. The van der Waals surface area contributed by atoms with Gasteiger partial charge in [0.1, 0.15) is 18.0 Å². The van der Waals surface area contributed by atoms with Gasteiger partial charge in [-0.15, -0.1) is 0 Å². The average Bonchev–Trinajstić information content (AvgIpc) is 2.68. The highest BCUT2D eigenvalue weighted by Gasteiger charge is 2.59. The number of rotatable bonds is 7. The van der Waals surface area contributed by atoms with Crippen molar-refractivity contribution in [2.45, 2.75) is 50.8 Å². The standard InChI is InChI=1S/C23H27F3O6S/c1-13(2)22(17-8-14-7-15(10-17)11-18(22)9-14)32-20-12-16(3-4-19(20)23(24,25)26)21(27)31-5-6-33(28,29)30/h3-4,12,14-15,17-18H,1,5-11H2,2H3,(H,28,29,30)/p-1. The van der Waals surface area contributed by atoms with Crippen molar-refractivity contribution < 1.29 is 40.4 Å². The Morgan fingerprint density at radius 1 is 1.15 bits per heavy atom. The number of hydrogen-bond acceptors (Lipinski definition) is 6. The maximum absolute atomic E-state index is 13.8. The third-order valence-corrected chi connectivity index (χ3v) is 8.05. The molecule has 4 aliphatic rings. The van der Waals surface area contributed by atoms with Crippen LogP contribution in [-0.4, -0.2) is 36.9 Å². The largest absolute Gasteiger partial charge is 0.748 e. The van der Waals surface area contributed by atoms with Gasteiger partial charge in [0.2, 0.25) is 0 Å². The van der Waals surface area contributed by atoms with Crippen molar-refractivity contribution in [2.75, 3.05) is 12.4 Å². The first kappa shape index (κ1) is 24.1. The zero-order valence-electron chi connectivity index (χ0n) is 18.2. The third kappa shape index (κ3) is 4.64. The Morgan fingerprint density at radius 2 is 1.73 bits per heavy atom. The smallest absolute Gasteiger partial charge is 0.419 e. The van der Waals surface area contributed by atoms with Gasteiger partial charge in [0, 0.05) is 11.8 Å². The molecule has 10 heteroatoms. The van der Waals surface area contributed by atoms with Crippen LogP contribution in [0.5, 0.6) is 5.75 Å². The SMILES string of the molecule is C=C(C)C1(Oc2cc(C(=O)OCCS(=O)(=O)[O-])ccc2C(F)(F)F)C2CC3CC(C2)CC1C3. The second-order valence-corrected chi connectivity index (χ2v) is 11.1. The second kappa shape index (κ2) is 8.30. The van der Waals surface area contributed by atoms with Crippen molar-refractivity contribution in [3.63, 3.8) is 0 Å². The molecule has 1 aromatic carbocycles. The van der Waals surface area contributed by atoms with Crippen molar-refractivity contribution in [3.8, 4) is 5.75 Å². The lowest BCUT2D eigenvalue weighted by atomic mass is 9.48. The first-order valence-corrected chi connectivity index (χ1v) is 12.5. The minimum atomic E-state index is -4.71. The average molecular weight is 488 g/mol. The molecule has 0 atom stereocenters. The lowest BCUT2D eigenvalue weighted by Crippen LogP contribution is -2.61. The highest BCUT2D eigenvalue weighted by Crippen LogP contribution is 2.61. The molecule has 33 heavy (non-hydrogen) atoms. The van der Waals surface area contributed by atoms with Crippen LogP contribution in [0.25, 0.3) is 0 Å². The summed E-state index contributed by atoms with van der Waals surface area (Å²) in [5.74, 6) is -1.19. The van der Waals surface area contributed by atoms with E-state index in [4.69, 9.17) is 9.47 Å². The first-order chi connectivity index (χ1) is 15.3. The van der Waals surface area contributed by atoms with Crippen molar-refractivity contribution in [2.24, 2.45) is 23.7 Å². The van der Waals surface area contributed by atoms with Gasteiger partial charge in [0.05, 0.1) is 27.0 Å². The van der Waals surface area contributed by atoms with Gasteiger partial charge in [-0.1, -0.05) is 6.58 Å². The van der Waals surface area contributed by atoms with Crippen LogP contribution in [0.15, 0.2) is 30.4 Å². The minimum absolute atomic E-state index is 0.0604. The van der Waals surface area contributed by atoms with Gasteiger partial charge in [0.15, 0.2) is 0 Å². The number of halogens is 3. The maximum atomic E-state index is 13.8. The molecule has 0 amide bonds. The van der Waals surface area contributed by atoms with Crippen molar-refractivity contribution in [3.05, 3.63) is 41.5 Å². The van der Waals surface area contributed by atoms with E-state index >= 15 is 0 Å². The Bertz CT molecular complexity index is 1030. The molecule has 5 rings (SSSR count). The summed E-state index contributed by atoms with van der Waals surface area (Å²) in [4.78, 5) is 12.3. The van der Waals surface area contributed by atoms with E-state index < -0.39 is 51.5 Å². The predicted octanol–water partition coefficient (Wildman–Crippen LogP) is 4.56. The van der Waals surface area contributed by atoms with Gasteiger partial charge in [-0.2, -0.15) is 13.2 Å². The summed E-state index contributed by atoms with van der Waals surface area (Å²) in [5.41, 5.74) is -1.48. The summed E-state index contributed by atoms with van der Waals surface area (Å²) >= 11 is 0. The van der Waals surface area contributed by atoms with E-state index in [2.05, 4.69) is 6.58 Å². The predicted molar refractivity (Wildman–Crippen MR) is 112 cm³/mol. The number of carbonyl (C=O) groups excluding carboxylic acids is 1. The Kier molecular flexibility index (Phi) is 6.05. The molecule has 4 saturated carbocycles. The van der Waals surface area contributed by atoms with Gasteiger partial charge in [-0.05, 0) is 74.6 Å². The third-order valence-electron chi connectivity index (χ3n) is 7.39. The molecule has 4 fully saturated rings. The van der Waals surface area contributed by atoms with E-state index in [1.165, 1.54) is 0 Å². The summed E-state index contributed by atoms with van der Waals surface area (Å²) in [7, 11) is -4.59. The van der Waals surface area contributed by atoms with Crippen LogP contribution in [0.3, 0.4) is 0 Å². The van der Waals surface area contributed by atoms with Crippen LogP contribution in [0.4, 0.5) is 13.2 Å². The van der Waals surface area contributed by atoms with Gasteiger partial charge in [0.25, 0.3) is 0 Å². The summed E-state index contributed by atoms with van der Waals surface area (Å²) < 4.78 is 84.6. The van der Waals surface area contributed by atoms with Crippen molar-refractivity contribution in [1.29, 1.82) is 0 Å². The van der Waals surface area contributed by atoms with Gasteiger partial charge < -0.3 is 14.0 Å². The van der Waals surface area contributed by atoms with Gasteiger partial charge in [-0.3, -0.25) is 0 Å². The monoisotopic (exact) mass is 487 g/mol. The molecule has 0 aromatic heterocycles. The Balaban J connectivity index is 1.67. The molecule has 0 heterocycles. The normalized spacial score (nSPS) is 30.8. The minimum Gasteiger partial charge on any atom is -0.748 e. The molecule has 0 radical (unpaired) electrons. The molecule has 6 nitrogen and oxygen atoms in total. The van der Waals surface area contributed by atoms with Crippen LogP contribution in [0, 0.1) is 23.7 Å². The number of benzene rings is 1. The van der Waals surface area contributed by atoms with Crippen LogP contribution in [0.1, 0.15) is 54.9 Å². The molecule has 4 bridgehead atoms. The summed E-state index contributed by atoms with van der Waals surface area (Å²) in [6.07, 6.45) is -0.0253. The fourth-order valence-corrected chi connectivity index (χ4v) is 6.59. The number of hydrogen-bond donors (Lipinski definition) is 0. The van der Waals surface area contributed by atoms with E-state index in [-0.39, 0.29) is 17.4 Å². The Labute approximate surface area is 190 Å². The second-order valence-electron chi connectivity index (χ2n) is 9.59. The fraction of sp³-hybridized carbons (Fsp3) is 0.609. The molecule has 0 unspecified atom stereocenters. The van der Waals surface area contributed by atoms with Gasteiger partial charge >= 0.3 is 12.1 Å².